The van der Waals surface area contributed by atoms with Gasteiger partial charge in [0.1, 0.15) is 0 Å². The smallest absolute Gasteiger partial charge is 0.253 e. The van der Waals surface area contributed by atoms with Crippen molar-refractivity contribution in [3.63, 3.8) is 0 Å². The lowest BCUT2D eigenvalue weighted by molar-refractivity contribution is 0.0500. The third-order valence-electron chi connectivity index (χ3n) is 5.55. The van der Waals surface area contributed by atoms with Gasteiger partial charge in [-0.05, 0) is 44.9 Å². The second kappa shape index (κ2) is 7.41. The number of hydrogen-bond donors (Lipinski definition) is 0. The first-order chi connectivity index (χ1) is 11.1. The summed E-state index contributed by atoms with van der Waals surface area (Å²) in [7, 11) is 2.20. The largest absolute Gasteiger partial charge is 0.339 e. The summed E-state index contributed by atoms with van der Waals surface area (Å²) in [5, 5.41) is 0. The van der Waals surface area contributed by atoms with E-state index in [1.807, 2.05) is 4.90 Å². The van der Waals surface area contributed by atoms with Gasteiger partial charge in [0.15, 0.2) is 0 Å². The molecule has 1 aromatic heterocycles. The number of likely N-dealkylation sites (tertiary alicyclic amines) is 1. The molecule has 0 bridgehead atoms. The number of aromatic nitrogens is 1. The Bertz CT molecular complexity index is 505. The Labute approximate surface area is 139 Å². The number of piperidine rings is 1. The van der Waals surface area contributed by atoms with Crippen molar-refractivity contribution in [3.8, 4) is 0 Å². The second-order valence-corrected chi connectivity index (χ2v) is 6.95. The Balaban J connectivity index is 1.51. The van der Waals surface area contributed by atoms with Crippen LogP contribution in [0.2, 0.25) is 0 Å². The molecule has 5 nitrogen and oxygen atoms in total. The Morgan fingerprint density at radius 3 is 2.30 bits per heavy atom. The number of hydrogen-bond acceptors (Lipinski definition) is 4. The van der Waals surface area contributed by atoms with Gasteiger partial charge in [-0.15, -0.1) is 0 Å². The first-order valence-electron chi connectivity index (χ1n) is 8.77. The molecule has 0 N–H and O–H groups in total. The van der Waals surface area contributed by atoms with Gasteiger partial charge < -0.3 is 9.80 Å². The maximum atomic E-state index is 12.5. The molecule has 3 heterocycles. The fraction of sp³-hybridized carbons (Fsp3) is 0.667. The zero-order valence-electron chi connectivity index (χ0n) is 14.3. The molecule has 3 rings (SSSR count). The van der Waals surface area contributed by atoms with E-state index in [1.54, 1.807) is 24.5 Å². The van der Waals surface area contributed by atoms with Crippen LogP contribution < -0.4 is 0 Å². The van der Waals surface area contributed by atoms with Crippen molar-refractivity contribution in [1.29, 1.82) is 0 Å². The standard InChI is InChI=1S/C18H28N4O/c1-15(21-13-11-20(2)12-14-21)16-5-9-22(10-6-16)18(23)17-3-7-19-8-4-17/h3-4,7-8,15-16H,5-6,9-14H2,1-2H3. The van der Waals surface area contributed by atoms with E-state index in [0.717, 1.165) is 31.5 Å². The highest BCUT2D eigenvalue weighted by Gasteiger charge is 2.30. The van der Waals surface area contributed by atoms with E-state index in [2.05, 4.69) is 28.8 Å². The molecule has 0 aromatic carbocycles. The van der Waals surface area contributed by atoms with Crippen molar-refractivity contribution in [3.05, 3.63) is 30.1 Å². The molecule has 0 saturated carbocycles. The predicted octanol–water partition coefficient (Wildman–Crippen LogP) is 1.57. The molecule has 2 fully saturated rings. The van der Waals surface area contributed by atoms with Gasteiger partial charge in [0, 0.05) is 63.3 Å². The van der Waals surface area contributed by atoms with E-state index in [1.165, 1.54) is 26.2 Å². The number of amides is 1. The predicted molar refractivity (Wildman–Crippen MR) is 91.4 cm³/mol. The van der Waals surface area contributed by atoms with Crippen molar-refractivity contribution < 1.29 is 4.79 Å². The normalized spacial score (nSPS) is 23.0. The Hall–Kier alpha value is -1.46. The summed E-state index contributed by atoms with van der Waals surface area (Å²) >= 11 is 0. The molecule has 1 atom stereocenters. The molecule has 0 radical (unpaired) electrons. The third kappa shape index (κ3) is 3.90. The quantitative estimate of drug-likeness (QED) is 0.849. The lowest BCUT2D eigenvalue weighted by Crippen LogP contribution is -2.52. The Morgan fingerprint density at radius 2 is 1.70 bits per heavy atom. The summed E-state index contributed by atoms with van der Waals surface area (Å²) in [6.07, 6.45) is 5.61. The SMILES string of the molecule is CC(C1CCN(C(=O)c2ccncc2)CC1)N1CCN(C)CC1. The van der Waals surface area contributed by atoms with E-state index in [-0.39, 0.29) is 5.91 Å². The fourth-order valence-electron chi connectivity index (χ4n) is 3.79. The molecule has 23 heavy (non-hydrogen) atoms. The van der Waals surface area contributed by atoms with Crippen LogP contribution in [0.1, 0.15) is 30.1 Å². The molecule has 126 valence electrons. The first-order valence-corrected chi connectivity index (χ1v) is 8.77. The molecular weight excluding hydrogens is 288 g/mol. The minimum absolute atomic E-state index is 0.151. The van der Waals surface area contributed by atoms with Gasteiger partial charge in [-0.25, -0.2) is 0 Å². The Kier molecular flexibility index (Phi) is 5.28. The van der Waals surface area contributed by atoms with Crippen molar-refractivity contribution in [2.45, 2.75) is 25.8 Å². The van der Waals surface area contributed by atoms with Crippen LogP contribution in [0.15, 0.2) is 24.5 Å². The number of carbonyl (C=O) groups is 1. The summed E-state index contributed by atoms with van der Waals surface area (Å²) in [5.41, 5.74) is 0.755. The highest BCUT2D eigenvalue weighted by Crippen LogP contribution is 2.25. The van der Waals surface area contributed by atoms with E-state index in [4.69, 9.17) is 0 Å². The molecule has 0 aliphatic carbocycles. The van der Waals surface area contributed by atoms with Gasteiger partial charge in [0.05, 0.1) is 0 Å². The van der Waals surface area contributed by atoms with Gasteiger partial charge >= 0.3 is 0 Å². The van der Waals surface area contributed by atoms with Crippen molar-refractivity contribution in [2.24, 2.45) is 5.92 Å². The molecule has 2 aliphatic rings. The molecule has 1 aromatic rings. The van der Waals surface area contributed by atoms with E-state index >= 15 is 0 Å². The molecule has 5 heteroatoms. The second-order valence-electron chi connectivity index (χ2n) is 6.95. The summed E-state index contributed by atoms with van der Waals surface area (Å²) in [6, 6.07) is 4.24. The van der Waals surface area contributed by atoms with Crippen molar-refractivity contribution >= 4 is 5.91 Å². The average Bonchev–Trinajstić information content (AvgIpc) is 2.62. The third-order valence-corrected chi connectivity index (χ3v) is 5.55. The molecule has 2 aliphatic heterocycles. The number of carbonyl (C=O) groups excluding carboxylic acids is 1. The fourth-order valence-corrected chi connectivity index (χ4v) is 3.79. The summed E-state index contributed by atoms with van der Waals surface area (Å²) in [4.78, 5) is 23.5. The zero-order valence-corrected chi connectivity index (χ0v) is 14.3. The maximum absolute atomic E-state index is 12.5. The van der Waals surface area contributed by atoms with E-state index < -0.39 is 0 Å². The van der Waals surface area contributed by atoms with E-state index in [9.17, 15) is 4.79 Å². The minimum atomic E-state index is 0.151. The summed E-state index contributed by atoms with van der Waals surface area (Å²) in [6.45, 7) is 8.82. The lowest BCUT2D eigenvalue weighted by Gasteiger charge is -2.42. The Morgan fingerprint density at radius 1 is 1.09 bits per heavy atom. The van der Waals surface area contributed by atoms with Crippen LogP contribution >= 0.6 is 0 Å². The van der Waals surface area contributed by atoms with Crippen LogP contribution in [0.4, 0.5) is 0 Å². The molecule has 1 amide bonds. The minimum Gasteiger partial charge on any atom is -0.339 e. The number of pyridine rings is 1. The van der Waals surface area contributed by atoms with Crippen LogP contribution in [-0.2, 0) is 0 Å². The lowest BCUT2D eigenvalue weighted by atomic mass is 9.89. The van der Waals surface area contributed by atoms with Crippen molar-refractivity contribution in [1.82, 2.24) is 19.7 Å². The van der Waals surface area contributed by atoms with Gasteiger partial charge in [0.25, 0.3) is 5.91 Å². The van der Waals surface area contributed by atoms with Gasteiger partial charge in [0.2, 0.25) is 0 Å². The number of likely N-dealkylation sites (N-methyl/N-ethyl adjacent to an activating group) is 1. The maximum Gasteiger partial charge on any atom is 0.253 e. The van der Waals surface area contributed by atoms with Crippen LogP contribution in [-0.4, -0.2) is 77.9 Å². The zero-order chi connectivity index (χ0) is 16.2. The van der Waals surface area contributed by atoms with Crippen LogP contribution in [0.25, 0.3) is 0 Å². The number of nitrogens with zero attached hydrogens (tertiary/aromatic N) is 4. The van der Waals surface area contributed by atoms with E-state index in [0.29, 0.717) is 12.0 Å². The molecule has 1 unspecified atom stereocenters. The molecule has 2 saturated heterocycles. The van der Waals surface area contributed by atoms with Crippen LogP contribution in [0, 0.1) is 5.92 Å². The highest BCUT2D eigenvalue weighted by atomic mass is 16.2. The summed E-state index contributed by atoms with van der Waals surface area (Å²) < 4.78 is 0. The average molecular weight is 316 g/mol. The van der Waals surface area contributed by atoms with Gasteiger partial charge in [-0.3, -0.25) is 14.7 Å². The monoisotopic (exact) mass is 316 g/mol. The number of rotatable bonds is 3. The first kappa shape index (κ1) is 16.4. The summed E-state index contributed by atoms with van der Waals surface area (Å²) in [5.74, 6) is 0.859. The number of piperazine rings is 1. The molecular formula is C18H28N4O. The van der Waals surface area contributed by atoms with Crippen LogP contribution in [0.5, 0.6) is 0 Å². The topological polar surface area (TPSA) is 39.7 Å². The molecule has 0 spiro atoms. The van der Waals surface area contributed by atoms with Crippen molar-refractivity contribution in [2.75, 3.05) is 46.3 Å². The highest BCUT2D eigenvalue weighted by molar-refractivity contribution is 5.94. The van der Waals surface area contributed by atoms with Crippen LogP contribution in [0.3, 0.4) is 0 Å². The van der Waals surface area contributed by atoms with Gasteiger partial charge in [-0.1, -0.05) is 0 Å². The van der Waals surface area contributed by atoms with Gasteiger partial charge in [-0.2, -0.15) is 0 Å².